The highest BCUT2D eigenvalue weighted by molar-refractivity contribution is 5.86. The summed E-state index contributed by atoms with van der Waals surface area (Å²) in [6, 6.07) is 7.79. The van der Waals surface area contributed by atoms with Gasteiger partial charge < -0.3 is 14.8 Å². The molecule has 0 radical (unpaired) electrons. The van der Waals surface area contributed by atoms with Crippen molar-refractivity contribution in [2.45, 2.75) is 27.3 Å². The second-order valence-electron chi connectivity index (χ2n) is 4.63. The largest absolute Gasteiger partial charge is 0.475 e. The minimum Gasteiger partial charge on any atom is -0.475 e. The van der Waals surface area contributed by atoms with Crippen molar-refractivity contribution in [1.29, 1.82) is 0 Å². The van der Waals surface area contributed by atoms with E-state index in [1.807, 2.05) is 19.1 Å². The predicted octanol–water partition coefficient (Wildman–Crippen LogP) is 3.52. The average molecular weight is 259 g/mol. The van der Waals surface area contributed by atoms with E-state index in [4.69, 9.17) is 9.52 Å². The summed E-state index contributed by atoms with van der Waals surface area (Å²) in [5.41, 5.74) is 4.08. The lowest BCUT2D eigenvalue weighted by Gasteiger charge is -2.09. The molecular formula is C15H17NO3. The van der Waals surface area contributed by atoms with Crippen molar-refractivity contribution < 1.29 is 14.3 Å². The van der Waals surface area contributed by atoms with Crippen molar-refractivity contribution in [2.75, 3.05) is 5.32 Å². The summed E-state index contributed by atoms with van der Waals surface area (Å²) in [5.74, 6) is -0.399. The van der Waals surface area contributed by atoms with Crippen LogP contribution in [0, 0.1) is 20.8 Å². The van der Waals surface area contributed by atoms with Crippen molar-refractivity contribution >= 4 is 11.7 Å². The Morgan fingerprint density at radius 1 is 1.26 bits per heavy atom. The standard InChI is InChI=1S/C15H17NO3/c1-9-5-4-6-13(11(9)3)16-8-12-7-10(2)14(19-12)15(17)18/h4-7,16H,8H2,1-3H3,(H,17,18). The molecule has 4 heteroatoms. The highest BCUT2D eigenvalue weighted by Crippen LogP contribution is 2.20. The molecule has 0 bridgehead atoms. The second-order valence-corrected chi connectivity index (χ2v) is 4.63. The lowest BCUT2D eigenvalue weighted by molar-refractivity contribution is 0.0659. The van der Waals surface area contributed by atoms with Gasteiger partial charge in [0, 0.05) is 11.3 Å². The van der Waals surface area contributed by atoms with Crippen LogP contribution >= 0.6 is 0 Å². The van der Waals surface area contributed by atoms with Crippen LogP contribution in [0.15, 0.2) is 28.7 Å². The lowest BCUT2D eigenvalue weighted by atomic mass is 10.1. The minimum absolute atomic E-state index is 0.0118. The topological polar surface area (TPSA) is 62.5 Å². The van der Waals surface area contributed by atoms with E-state index in [1.165, 1.54) is 11.1 Å². The number of carbonyl (C=O) groups is 1. The Hall–Kier alpha value is -2.23. The van der Waals surface area contributed by atoms with Crippen LogP contribution < -0.4 is 5.32 Å². The first-order valence-corrected chi connectivity index (χ1v) is 6.11. The van der Waals surface area contributed by atoms with Crippen LogP contribution in [0.1, 0.15) is 33.0 Å². The summed E-state index contributed by atoms with van der Waals surface area (Å²) in [6.07, 6.45) is 0. The fourth-order valence-electron chi connectivity index (χ4n) is 1.97. The van der Waals surface area contributed by atoms with Gasteiger partial charge in [-0.1, -0.05) is 12.1 Å². The number of nitrogens with one attached hydrogen (secondary N) is 1. The zero-order valence-electron chi connectivity index (χ0n) is 11.3. The molecule has 0 fully saturated rings. The van der Waals surface area contributed by atoms with Gasteiger partial charge in [-0.15, -0.1) is 0 Å². The molecule has 0 aliphatic heterocycles. The van der Waals surface area contributed by atoms with Crippen molar-refractivity contribution in [3.63, 3.8) is 0 Å². The predicted molar refractivity (Wildman–Crippen MR) is 73.6 cm³/mol. The lowest BCUT2D eigenvalue weighted by Crippen LogP contribution is -2.01. The third-order valence-corrected chi connectivity index (χ3v) is 3.22. The maximum atomic E-state index is 10.9. The molecule has 100 valence electrons. The number of hydrogen-bond acceptors (Lipinski definition) is 3. The quantitative estimate of drug-likeness (QED) is 0.881. The second kappa shape index (κ2) is 5.18. The van der Waals surface area contributed by atoms with Gasteiger partial charge in [0.05, 0.1) is 6.54 Å². The Morgan fingerprint density at radius 2 is 2.00 bits per heavy atom. The molecule has 0 aliphatic carbocycles. The number of carboxylic acid groups (broad SMARTS) is 1. The highest BCUT2D eigenvalue weighted by Gasteiger charge is 2.14. The highest BCUT2D eigenvalue weighted by atomic mass is 16.4. The molecule has 19 heavy (non-hydrogen) atoms. The van der Waals surface area contributed by atoms with E-state index < -0.39 is 5.97 Å². The number of furan rings is 1. The fraction of sp³-hybridized carbons (Fsp3) is 0.267. The number of carboxylic acids is 1. The molecule has 0 spiro atoms. The van der Waals surface area contributed by atoms with E-state index in [2.05, 4.69) is 18.3 Å². The van der Waals surface area contributed by atoms with Crippen LogP contribution in [0.3, 0.4) is 0 Å². The van der Waals surface area contributed by atoms with Crippen LogP contribution in [0.2, 0.25) is 0 Å². The monoisotopic (exact) mass is 259 g/mol. The van der Waals surface area contributed by atoms with E-state index in [-0.39, 0.29) is 5.76 Å². The van der Waals surface area contributed by atoms with E-state index in [1.54, 1.807) is 13.0 Å². The Morgan fingerprint density at radius 3 is 2.63 bits per heavy atom. The Kier molecular flexibility index (Phi) is 3.60. The van der Waals surface area contributed by atoms with E-state index >= 15 is 0 Å². The SMILES string of the molecule is Cc1cc(CNc2cccc(C)c2C)oc1C(=O)O. The first-order chi connectivity index (χ1) is 8.99. The molecule has 2 rings (SSSR count). The van der Waals surface area contributed by atoms with Crippen LogP contribution in [0.25, 0.3) is 0 Å². The van der Waals surface area contributed by atoms with Crippen LogP contribution in [0.4, 0.5) is 5.69 Å². The smallest absolute Gasteiger partial charge is 0.372 e. The van der Waals surface area contributed by atoms with Gasteiger partial charge in [-0.25, -0.2) is 4.79 Å². The van der Waals surface area contributed by atoms with Gasteiger partial charge in [0.2, 0.25) is 5.76 Å². The molecular weight excluding hydrogens is 242 g/mol. The van der Waals surface area contributed by atoms with Crippen molar-refractivity contribution in [3.8, 4) is 0 Å². The van der Waals surface area contributed by atoms with Gasteiger partial charge in [-0.05, 0) is 44.0 Å². The molecule has 2 N–H and O–H groups in total. The molecule has 0 saturated heterocycles. The first kappa shape index (κ1) is 13.2. The number of benzene rings is 1. The van der Waals surface area contributed by atoms with E-state index in [0.29, 0.717) is 17.9 Å². The van der Waals surface area contributed by atoms with E-state index in [0.717, 1.165) is 5.69 Å². The summed E-state index contributed by atoms with van der Waals surface area (Å²) in [6.45, 7) is 6.31. The molecule has 1 aromatic heterocycles. The minimum atomic E-state index is -1.03. The van der Waals surface area contributed by atoms with Crippen molar-refractivity contribution in [3.05, 3.63) is 52.5 Å². The number of rotatable bonds is 4. The van der Waals surface area contributed by atoms with Gasteiger partial charge in [-0.3, -0.25) is 0 Å². The summed E-state index contributed by atoms with van der Waals surface area (Å²) < 4.78 is 5.31. The zero-order valence-corrected chi connectivity index (χ0v) is 11.3. The molecule has 0 amide bonds. The molecule has 0 atom stereocenters. The summed E-state index contributed by atoms with van der Waals surface area (Å²) in [7, 11) is 0. The Bertz CT molecular complexity index is 614. The molecule has 1 aromatic carbocycles. The molecule has 0 unspecified atom stereocenters. The normalized spacial score (nSPS) is 10.5. The first-order valence-electron chi connectivity index (χ1n) is 6.11. The average Bonchev–Trinajstić information content (AvgIpc) is 2.73. The maximum absolute atomic E-state index is 10.9. The summed E-state index contributed by atoms with van der Waals surface area (Å²) in [4.78, 5) is 10.9. The maximum Gasteiger partial charge on any atom is 0.372 e. The third-order valence-electron chi connectivity index (χ3n) is 3.22. The summed E-state index contributed by atoms with van der Waals surface area (Å²) in [5, 5.41) is 12.2. The molecule has 0 aliphatic rings. The Balaban J connectivity index is 2.13. The van der Waals surface area contributed by atoms with Crippen LogP contribution in [0.5, 0.6) is 0 Å². The van der Waals surface area contributed by atoms with Gasteiger partial charge in [0.1, 0.15) is 5.76 Å². The number of hydrogen-bond donors (Lipinski definition) is 2. The number of aryl methyl sites for hydroxylation is 2. The molecule has 0 saturated carbocycles. The van der Waals surface area contributed by atoms with Gasteiger partial charge in [-0.2, -0.15) is 0 Å². The molecule has 1 heterocycles. The van der Waals surface area contributed by atoms with Crippen molar-refractivity contribution in [2.24, 2.45) is 0 Å². The van der Waals surface area contributed by atoms with Gasteiger partial charge in [0.15, 0.2) is 0 Å². The Labute approximate surface area is 112 Å². The number of anilines is 1. The van der Waals surface area contributed by atoms with Gasteiger partial charge >= 0.3 is 5.97 Å². The summed E-state index contributed by atoms with van der Waals surface area (Å²) >= 11 is 0. The third kappa shape index (κ3) is 2.78. The van der Waals surface area contributed by atoms with Crippen molar-refractivity contribution in [1.82, 2.24) is 0 Å². The van der Waals surface area contributed by atoms with E-state index in [9.17, 15) is 4.79 Å². The number of aromatic carboxylic acids is 1. The molecule has 4 nitrogen and oxygen atoms in total. The van der Waals surface area contributed by atoms with Crippen LogP contribution in [-0.2, 0) is 6.54 Å². The fourth-order valence-corrected chi connectivity index (χ4v) is 1.97. The van der Waals surface area contributed by atoms with Gasteiger partial charge in [0.25, 0.3) is 0 Å². The molecule has 2 aromatic rings. The van der Waals surface area contributed by atoms with Crippen LogP contribution in [-0.4, -0.2) is 11.1 Å². The zero-order chi connectivity index (χ0) is 14.0.